The normalized spacial score (nSPS) is 10.9. The van der Waals surface area contributed by atoms with Gasteiger partial charge in [0.15, 0.2) is 11.6 Å². The Morgan fingerprint density at radius 3 is 2.80 bits per heavy atom. The summed E-state index contributed by atoms with van der Waals surface area (Å²) >= 11 is 0. The van der Waals surface area contributed by atoms with Gasteiger partial charge in [0.2, 0.25) is 0 Å². The lowest BCUT2D eigenvalue weighted by molar-refractivity contribution is 0.0998. The van der Waals surface area contributed by atoms with Crippen LogP contribution >= 0.6 is 0 Å². The van der Waals surface area contributed by atoms with Crippen LogP contribution in [0.2, 0.25) is 0 Å². The number of rotatable bonds is 2. The van der Waals surface area contributed by atoms with E-state index >= 15 is 0 Å². The molecule has 0 aliphatic carbocycles. The average Bonchev–Trinajstić information content (AvgIpc) is 2.95. The van der Waals surface area contributed by atoms with Crippen LogP contribution in [-0.4, -0.2) is 15.7 Å². The number of amides is 1. The summed E-state index contributed by atoms with van der Waals surface area (Å²) in [7, 11) is 1.72. The topological polar surface area (TPSA) is 86.1 Å². The Labute approximate surface area is 115 Å². The number of aryl methyl sites for hydroxylation is 2. The van der Waals surface area contributed by atoms with Crippen LogP contribution < -0.4 is 11.1 Å². The molecule has 6 heteroatoms. The van der Waals surface area contributed by atoms with E-state index in [9.17, 15) is 4.79 Å². The summed E-state index contributed by atoms with van der Waals surface area (Å²) in [6, 6.07) is 9.15. The number of nitrogen functional groups attached to an aromatic ring is 1. The van der Waals surface area contributed by atoms with E-state index in [1.807, 2.05) is 24.3 Å². The molecule has 1 amide bonds. The zero-order valence-corrected chi connectivity index (χ0v) is 11.2. The van der Waals surface area contributed by atoms with Crippen LogP contribution in [0.25, 0.3) is 11.0 Å². The molecule has 0 aliphatic rings. The number of anilines is 2. The number of para-hydroxylation sites is 1. The Hall–Kier alpha value is -2.76. The van der Waals surface area contributed by atoms with Gasteiger partial charge in [0.05, 0.1) is 11.4 Å². The smallest absolute Gasteiger partial charge is 0.292 e. The highest BCUT2D eigenvalue weighted by molar-refractivity contribution is 6.05. The van der Waals surface area contributed by atoms with E-state index in [2.05, 4.69) is 10.4 Å². The summed E-state index contributed by atoms with van der Waals surface area (Å²) in [5.74, 6) is 0.355. The van der Waals surface area contributed by atoms with Crippen molar-refractivity contribution in [2.24, 2.45) is 7.05 Å². The number of carbonyl (C=O) groups is 1. The predicted octanol–water partition coefficient (Wildman–Crippen LogP) is 2.31. The maximum Gasteiger partial charge on any atom is 0.292 e. The molecule has 1 aromatic carbocycles. The number of carbonyl (C=O) groups excluding carboxylic acids is 1. The highest BCUT2D eigenvalue weighted by atomic mass is 16.3. The highest BCUT2D eigenvalue weighted by Crippen LogP contribution is 2.23. The second kappa shape index (κ2) is 4.41. The van der Waals surface area contributed by atoms with Crippen molar-refractivity contribution in [1.29, 1.82) is 0 Å². The van der Waals surface area contributed by atoms with Gasteiger partial charge < -0.3 is 15.5 Å². The van der Waals surface area contributed by atoms with Gasteiger partial charge in [-0.15, -0.1) is 0 Å². The molecule has 0 radical (unpaired) electrons. The van der Waals surface area contributed by atoms with Crippen molar-refractivity contribution in [1.82, 2.24) is 9.78 Å². The minimum Gasteiger partial charge on any atom is -0.451 e. The Kier molecular flexibility index (Phi) is 2.71. The molecule has 2 heterocycles. The van der Waals surface area contributed by atoms with Crippen LogP contribution in [0, 0.1) is 6.92 Å². The van der Waals surface area contributed by atoms with Crippen LogP contribution in [0.1, 0.15) is 16.2 Å². The van der Waals surface area contributed by atoms with Crippen molar-refractivity contribution in [2.45, 2.75) is 6.92 Å². The molecule has 6 nitrogen and oxygen atoms in total. The minimum atomic E-state index is -0.351. The standard InChI is InChI=1S/C14H14N4O2/c1-8-12(15)13(18(2)17-8)16-14(19)11-7-9-5-3-4-6-10(9)20-11/h3-7H,15H2,1-2H3,(H,16,19). The van der Waals surface area contributed by atoms with E-state index in [4.69, 9.17) is 10.2 Å². The maximum absolute atomic E-state index is 12.2. The number of hydrogen-bond acceptors (Lipinski definition) is 4. The van der Waals surface area contributed by atoms with Crippen molar-refractivity contribution < 1.29 is 9.21 Å². The fourth-order valence-electron chi connectivity index (χ4n) is 2.09. The molecule has 0 saturated heterocycles. The number of benzene rings is 1. The molecule has 0 aliphatic heterocycles. The lowest BCUT2D eigenvalue weighted by atomic mass is 10.2. The summed E-state index contributed by atoms with van der Waals surface area (Å²) < 4.78 is 7.04. The van der Waals surface area contributed by atoms with Gasteiger partial charge in [0, 0.05) is 12.4 Å². The van der Waals surface area contributed by atoms with Gasteiger partial charge in [-0.25, -0.2) is 0 Å². The number of nitrogens with zero attached hydrogens (tertiary/aromatic N) is 2. The lowest BCUT2D eigenvalue weighted by Crippen LogP contribution is -2.14. The van der Waals surface area contributed by atoms with Crippen LogP contribution in [0.15, 0.2) is 34.7 Å². The first kappa shape index (κ1) is 12.3. The first-order chi connectivity index (χ1) is 9.56. The quantitative estimate of drug-likeness (QED) is 0.748. The molecule has 2 aromatic heterocycles. The largest absolute Gasteiger partial charge is 0.451 e. The monoisotopic (exact) mass is 270 g/mol. The highest BCUT2D eigenvalue weighted by Gasteiger charge is 2.17. The third-order valence-electron chi connectivity index (χ3n) is 3.15. The summed E-state index contributed by atoms with van der Waals surface area (Å²) in [5.41, 5.74) is 7.68. The van der Waals surface area contributed by atoms with E-state index in [1.54, 1.807) is 20.0 Å². The molecule has 0 bridgehead atoms. The molecule has 3 aromatic rings. The number of aromatic nitrogens is 2. The zero-order chi connectivity index (χ0) is 14.3. The maximum atomic E-state index is 12.2. The molecular weight excluding hydrogens is 256 g/mol. The molecule has 3 N–H and O–H groups in total. The molecule has 0 spiro atoms. The zero-order valence-electron chi connectivity index (χ0n) is 11.2. The molecule has 20 heavy (non-hydrogen) atoms. The Morgan fingerprint density at radius 2 is 2.15 bits per heavy atom. The second-order valence-electron chi connectivity index (χ2n) is 4.57. The van der Waals surface area contributed by atoms with Crippen LogP contribution in [0.5, 0.6) is 0 Å². The Morgan fingerprint density at radius 1 is 1.40 bits per heavy atom. The van der Waals surface area contributed by atoms with Crippen LogP contribution in [0.3, 0.4) is 0 Å². The molecule has 102 valence electrons. The number of nitrogens with one attached hydrogen (secondary N) is 1. The third-order valence-corrected chi connectivity index (χ3v) is 3.15. The molecule has 0 unspecified atom stereocenters. The van der Waals surface area contributed by atoms with E-state index < -0.39 is 0 Å². The van der Waals surface area contributed by atoms with Gasteiger partial charge in [-0.1, -0.05) is 18.2 Å². The van der Waals surface area contributed by atoms with Gasteiger partial charge >= 0.3 is 0 Å². The first-order valence-corrected chi connectivity index (χ1v) is 6.15. The van der Waals surface area contributed by atoms with E-state index in [0.717, 1.165) is 5.39 Å². The molecule has 0 saturated carbocycles. The SMILES string of the molecule is Cc1nn(C)c(NC(=O)c2cc3ccccc3o2)c1N. The summed E-state index contributed by atoms with van der Waals surface area (Å²) in [5, 5.41) is 7.75. The number of fused-ring (bicyclic) bond motifs is 1. The summed E-state index contributed by atoms with van der Waals surface area (Å²) in [6.07, 6.45) is 0. The third kappa shape index (κ3) is 1.91. The van der Waals surface area contributed by atoms with Crippen molar-refractivity contribution in [3.8, 4) is 0 Å². The van der Waals surface area contributed by atoms with Gasteiger partial charge in [-0.3, -0.25) is 9.48 Å². The van der Waals surface area contributed by atoms with E-state index in [0.29, 0.717) is 22.8 Å². The lowest BCUT2D eigenvalue weighted by Gasteiger charge is -2.04. The Balaban J connectivity index is 1.93. The van der Waals surface area contributed by atoms with Crippen LogP contribution in [0.4, 0.5) is 11.5 Å². The van der Waals surface area contributed by atoms with Gasteiger partial charge in [-0.2, -0.15) is 5.10 Å². The average molecular weight is 270 g/mol. The molecular formula is C14H14N4O2. The number of furan rings is 1. The number of hydrogen-bond donors (Lipinski definition) is 2. The molecule has 3 rings (SSSR count). The second-order valence-corrected chi connectivity index (χ2v) is 4.57. The molecule has 0 atom stereocenters. The van der Waals surface area contributed by atoms with Crippen molar-refractivity contribution >= 4 is 28.4 Å². The van der Waals surface area contributed by atoms with Crippen molar-refractivity contribution in [3.63, 3.8) is 0 Å². The fraction of sp³-hybridized carbons (Fsp3) is 0.143. The summed E-state index contributed by atoms with van der Waals surface area (Å²) in [4.78, 5) is 12.2. The summed E-state index contributed by atoms with van der Waals surface area (Å²) in [6.45, 7) is 1.78. The first-order valence-electron chi connectivity index (χ1n) is 6.15. The molecule has 0 fully saturated rings. The van der Waals surface area contributed by atoms with Crippen molar-refractivity contribution in [3.05, 3.63) is 41.8 Å². The minimum absolute atomic E-state index is 0.240. The van der Waals surface area contributed by atoms with E-state index in [-0.39, 0.29) is 11.7 Å². The van der Waals surface area contributed by atoms with Crippen LogP contribution in [-0.2, 0) is 7.05 Å². The van der Waals surface area contributed by atoms with E-state index in [1.165, 1.54) is 4.68 Å². The van der Waals surface area contributed by atoms with Gasteiger partial charge in [-0.05, 0) is 19.1 Å². The predicted molar refractivity (Wildman–Crippen MR) is 76.5 cm³/mol. The number of nitrogens with two attached hydrogens (primary N) is 1. The fourth-order valence-corrected chi connectivity index (χ4v) is 2.09. The van der Waals surface area contributed by atoms with Gasteiger partial charge in [0.25, 0.3) is 5.91 Å². The Bertz CT molecular complexity index is 768. The van der Waals surface area contributed by atoms with Gasteiger partial charge in [0.1, 0.15) is 5.58 Å². The van der Waals surface area contributed by atoms with Crippen molar-refractivity contribution in [2.75, 3.05) is 11.1 Å².